The average Bonchev–Trinajstić information content (AvgIpc) is 2.49. The molecule has 0 aliphatic heterocycles. The Labute approximate surface area is 133 Å². The van der Waals surface area contributed by atoms with Crippen LogP contribution in [0.25, 0.3) is 0 Å². The number of ether oxygens (including phenoxy) is 1. The standard InChI is InChI=1S/C18H21FO2S/c1-14-4-5-15(2)16(12-14)13-22(20)11-3-10-21-18-8-6-17(19)7-9-18/h4-9,12H,3,10-11,13H2,1-2H3/t22-/m1/s1. The monoisotopic (exact) mass is 320 g/mol. The largest absolute Gasteiger partial charge is 0.494 e. The second kappa shape index (κ2) is 8.08. The Kier molecular flexibility index (Phi) is 6.13. The predicted molar refractivity (Wildman–Crippen MR) is 89.1 cm³/mol. The van der Waals surface area contributed by atoms with Crippen LogP contribution in [0.1, 0.15) is 23.1 Å². The van der Waals surface area contributed by atoms with Gasteiger partial charge in [0, 0.05) is 22.3 Å². The van der Waals surface area contributed by atoms with E-state index in [0.717, 1.165) is 12.0 Å². The molecule has 0 fully saturated rings. The van der Waals surface area contributed by atoms with Crippen molar-refractivity contribution in [3.63, 3.8) is 0 Å². The van der Waals surface area contributed by atoms with E-state index in [4.69, 9.17) is 4.74 Å². The average molecular weight is 320 g/mol. The minimum atomic E-state index is -0.891. The van der Waals surface area contributed by atoms with Gasteiger partial charge in [0.05, 0.1) is 6.61 Å². The molecule has 0 spiro atoms. The fraction of sp³-hybridized carbons (Fsp3) is 0.333. The maximum Gasteiger partial charge on any atom is 0.123 e. The molecule has 0 aromatic heterocycles. The van der Waals surface area contributed by atoms with Gasteiger partial charge >= 0.3 is 0 Å². The Morgan fingerprint density at radius 3 is 2.55 bits per heavy atom. The Balaban J connectivity index is 1.74. The van der Waals surface area contributed by atoms with Gasteiger partial charge in [-0.05, 0) is 55.7 Å². The molecule has 118 valence electrons. The van der Waals surface area contributed by atoms with E-state index < -0.39 is 10.8 Å². The molecule has 0 radical (unpaired) electrons. The number of rotatable bonds is 7. The summed E-state index contributed by atoms with van der Waals surface area (Å²) >= 11 is 0. The summed E-state index contributed by atoms with van der Waals surface area (Å²) in [5.74, 6) is 1.56. The van der Waals surface area contributed by atoms with E-state index in [9.17, 15) is 8.60 Å². The molecule has 4 heteroatoms. The molecule has 22 heavy (non-hydrogen) atoms. The molecule has 2 rings (SSSR count). The fourth-order valence-corrected chi connectivity index (χ4v) is 3.38. The summed E-state index contributed by atoms with van der Waals surface area (Å²) in [6, 6.07) is 12.2. The lowest BCUT2D eigenvalue weighted by molar-refractivity contribution is 0.318. The van der Waals surface area contributed by atoms with Gasteiger partial charge in [-0.25, -0.2) is 4.39 Å². The highest BCUT2D eigenvalue weighted by Crippen LogP contribution is 2.14. The van der Waals surface area contributed by atoms with Crippen molar-refractivity contribution in [1.29, 1.82) is 0 Å². The SMILES string of the molecule is Cc1ccc(C)c(C[S@](=O)CCCOc2ccc(F)cc2)c1. The van der Waals surface area contributed by atoms with Crippen molar-refractivity contribution in [2.45, 2.75) is 26.0 Å². The van der Waals surface area contributed by atoms with E-state index in [1.165, 1.54) is 23.3 Å². The number of benzene rings is 2. The zero-order chi connectivity index (χ0) is 15.9. The highest BCUT2D eigenvalue weighted by molar-refractivity contribution is 7.84. The van der Waals surface area contributed by atoms with Crippen molar-refractivity contribution in [3.8, 4) is 5.75 Å². The first kappa shape index (κ1) is 16.7. The van der Waals surface area contributed by atoms with Crippen LogP contribution in [0, 0.1) is 19.7 Å². The first-order chi connectivity index (χ1) is 10.5. The van der Waals surface area contributed by atoms with E-state index in [1.807, 2.05) is 13.8 Å². The molecule has 0 heterocycles. The van der Waals surface area contributed by atoms with E-state index in [-0.39, 0.29) is 5.82 Å². The first-order valence-corrected chi connectivity index (χ1v) is 8.83. The van der Waals surface area contributed by atoms with E-state index in [1.54, 1.807) is 12.1 Å². The third kappa shape index (κ3) is 5.26. The van der Waals surface area contributed by atoms with Crippen molar-refractivity contribution in [2.24, 2.45) is 0 Å². The van der Waals surface area contributed by atoms with Crippen LogP contribution < -0.4 is 4.74 Å². The van der Waals surface area contributed by atoms with Gasteiger partial charge in [0.2, 0.25) is 0 Å². The predicted octanol–water partition coefficient (Wildman–Crippen LogP) is 4.16. The second-order valence-corrected chi connectivity index (χ2v) is 6.95. The normalized spacial score (nSPS) is 12.1. The minimum Gasteiger partial charge on any atom is -0.494 e. The summed E-state index contributed by atoms with van der Waals surface area (Å²) in [7, 11) is -0.891. The van der Waals surface area contributed by atoms with Gasteiger partial charge in [-0.2, -0.15) is 0 Å². The number of aryl methyl sites for hydroxylation is 2. The molecule has 0 N–H and O–H groups in total. The minimum absolute atomic E-state index is 0.276. The number of hydrogen-bond acceptors (Lipinski definition) is 2. The number of halogens is 1. The molecular weight excluding hydrogens is 299 g/mol. The summed E-state index contributed by atoms with van der Waals surface area (Å²) in [4.78, 5) is 0. The summed E-state index contributed by atoms with van der Waals surface area (Å²) < 4.78 is 30.4. The molecule has 2 aromatic rings. The number of hydrogen-bond donors (Lipinski definition) is 0. The summed E-state index contributed by atoms with van der Waals surface area (Å²) in [6.45, 7) is 4.58. The molecule has 0 saturated heterocycles. The van der Waals surface area contributed by atoms with Crippen molar-refractivity contribution in [1.82, 2.24) is 0 Å². The highest BCUT2D eigenvalue weighted by atomic mass is 32.2. The summed E-state index contributed by atoms with van der Waals surface area (Å²) in [5, 5.41) is 0. The van der Waals surface area contributed by atoms with Gasteiger partial charge in [0.15, 0.2) is 0 Å². The van der Waals surface area contributed by atoms with Crippen molar-refractivity contribution >= 4 is 10.8 Å². The van der Waals surface area contributed by atoms with Crippen LogP contribution >= 0.6 is 0 Å². The smallest absolute Gasteiger partial charge is 0.123 e. The Hall–Kier alpha value is -1.68. The third-order valence-electron chi connectivity index (χ3n) is 3.42. The van der Waals surface area contributed by atoms with Crippen molar-refractivity contribution in [3.05, 3.63) is 65.0 Å². The van der Waals surface area contributed by atoms with Crippen LogP contribution in [0.4, 0.5) is 4.39 Å². The maximum absolute atomic E-state index is 12.8. The fourth-order valence-electron chi connectivity index (χ4n) is 2.14. The van der Waals surface area contributed by atoms with E-state index in [0.29, 0.717) is 23.9 Å². The lowest BCUT2D eigenvalue weighted by Crippen LogP contribution is -2.07. The van der Waals surface area contributed by atoms with Crippen molar-refractivity contribution < 1.29 is 13.3 Å². The lowest BCUT2D eigenvalue weighted by Gasteiger charge is -2.08. The van der Waals surface area contributed by atoms with Crippen LogP contribution in [0.3, 0.4) is 0 Å². The zero-order valence-electron chi connectivity index (χ0n) is 13.0. The molecule has 0 saturated carbocycles. The first-order valence-electron chi connectivity index (χ1n) is 7.34. The summed E-state index contributed by atoms with van der Waals surface area (Å²) in [5.41, 5.74) is 3.52. The topological polar surface area (TPSA) is 26.3 Å². The van der Waals surface area contributed by atoms with Crippen LogP contribution in [0.15, 0.2) is 42.5 Å². The van der Waals surface area contributed by atoms with Crippen LogP contribution in [0.2, 0.25) is 0 Å². The molecular formula is C18H21FO2S. The van der Waals surface area contributed by atoms with Gasteiger partial charge in [0.25, 0.3) is 0 Å². The molecule has 1 atom stereocenters. The van der Waals surface area contributed by atoms with E-state index in [2.05, 4.69) is 18.2 Å². The molecule has 0 bridgehead atoms. The van der Waals surface area contributed by atoms with Gasteiger partial charge in [0.1, 0.15) is 11.6 Å². The van der Waals surface area contributed by atoms with Crippen molar-refractivity contribution in [2.75, 3.05) is 12.4 Å². The van der Waals surface area contributed by atoms with Crippen LogP contribution in [0.5, 0.6) is 5.75 Å². The zero-order valence-corrected chi connectivity index (χ0v) is 13.8. The van der Waals surface area contributed by atoms with Gasteiger partial charge in [-0.15, -0.1) is 0 Å². The molecule has 0 amide bonds. The van der Waals surface area contributed by atoms with E-state index >= 15 is 0 Å². The van der Waals surface area contributed by atoms with Crippen LogP contribution in [-0.2, 0) is 16.6 Å². The molecule has 2 aromatic carbocycles. The molecule has 2 nitrogen and oxygen atoms in total. The third-order valence-corrected chi connectivity index (χ3v) is 4.80. The molecule has 0 aliphatic rings. The lowest BCUT2D eigenvalue weighted by atomic mass is 10.1. The maximum atomic E-state index is 12.8. The highest BCUT2D eigenvalue weighted by Gasteiger charge is 2.05. The molecule has 0 unspecified atom stereocenters. The van der Waals surface area contributed by atoms with Gasteiger partial charge < -0.3 is 4.74 Å². The Bertz CT molecular complexity index is 638. The molecule has 0 aliphatic carbocycles. The Morgan fingerprint density at radius 2 is 1.82 bits per heavy atom. The van der Waals surface area contributed by atoms with Crippen LogP contribution in [-0.4, -0.2) is 16.6 Å². The quantitative estimate of drug-likeness (QED) is 0.716. The summed E-state index contributed by atoms with van der Waals surface area (Å²) in [6.07, 6.45) is 0.717. The van der Waals surface area contributed by atoms with Gasteiger partial charge in [-0.1, -0.05) is 23.8 Å². The second-order valence-electron chi connectivity index (χ2n) is 5.37. The Morgan fingerprint density at radius 1 is 1.09 bits per heavy atom. The van der Waals surface area contributed by atoms with Gasteiger partial charge in [-0.3, -0.25) is 4.21 Å².